The molecule has 39 heavy (non-hydrogen) atoms. The lowest BCUT2D eigenvalue weighted by atomic mass is 9.72. The maximum Gasteiger partial charge on any atom is 0.145 e. The minimum Gasteiger partial charge on any atom is -0.390 e. The van der Waals surface area contributed by atoms with Crippen molar-refractivity contribution in [1.82, 2.24) is 29.8 Å². The molecule has 4 aromatic rings. The number of nitrogens with zero attached hydrogens (tertiary/aromatic N) is 4. The number of aliphatic hydroxyl groups excluding tert-OH is 2. The van der Waals surface area contributed by atoms with E-state index in [0.29, 0.717) is 30.3 Å². The van der Waals surface area contributed by atoms with Gasteiger partial charge in [-0.1, -0.05) is 26.8 Å². The molecule has 0 bridgehead atoms. The fourth-order valence-corrected chi connectivity index (χ4v) is 6.57. The van der Waals surface area contributed by atoms with E-state index in [-0.39, 0.29) is 17.4 Å². The molecule has 2 aliphatic carbocycles. The molecule has 3 aromatic heterocycles. The highest BCUT2D eigenvalue weighted by molar-refractivity contribution is 5.86. The number of imidazole rings is 1. The van der Waals surface area contributed by atoms with Gasteiger partial charge in [-0.3, -0.25) is 0 Å². The Morgan fingerprint density at radius 3 is 2.67 bits per heavy atom. The summed E-state index contributed by atoms with van der Waals surface area (Å²) in [5.74, 6) is 2.92. The van der Waals surface area contributed by atoms with Crippen LogP contribution in [0, 0.1) is 17.8 Å². The van der Waals surface area contributed by atoms with Crippen LogP contribution in [-0.2, 0) is 11.8 Å². The third-order valence-electron chi connectivity index (χ3n) is 9.03. The molecule has 0 saturated heterocycles. The molecule has 0 unspecified atom stereocenters. The van der Waals surface area contributed by atoms with Crippen LogP contribution in [0.1, 0.15) is 63.9 Å². The van der Waals surface area contributed by atoms with E-state index in [1.54, 1.807) is 0 Å². The van der Waals surface area contributed by atoms with E-state index < -0.39 is 12.2 Å². The van der Waals surface area contributed by atoms with Crippen molar-refractivity contribution in [2.75, 3.05) is 18.8 Å². The van der Waals surface area contributed by atoms with Crippen molar-refractivity contribution in [1.29, 1.82) is 0 Å². The van der Waals surface area contributed by atoms with E-state index in [2.05, 4.69) is 59.2 Å². The molecular weight excluding hydrogens is 490 g/mol. The zero-order valence-corrected chi connectivity index (χ0v) is 23.1. The third kappa shape index (κ3) is 5.15. The van der Waals surface area contributed by atoms with Crippen LogP contribution >= 0.6 is 0 Å². The summed E-state index contributed by atoms with van der Waals surface area (Å²) in [6.07, 6.45) is 7.02. The predicted molar refractivity (Wildman–Crippen MR) is 153 cm³/mol. The summed E-state index contributed by atoms with van der Waals surface area (Å²) < 4.78 is 1.93. The molecule has 0 radical (unpaired) electrons. The Labute approximate surface area is 229 Å². The Morgan fingerprint density at radius 2 is 1.87 bits per heavy atom. The minimum atomic E-state index is -0.838. The van der Waals surface area contributed by atoms with E-state index in [9.17, 15) is 10.2 Å². The number of aromatic nitrogens is 5. The zero-order valence-electron chi connectivity index (χ0n) is 23.1. The lowest BCUT2D eigenvalue weighted by molar-refractivity contribution is 0.00653. The summed E-state index contributed by atoms with van der Waals surface area (Å²) in [5, 5.41) is 25.9. The van der Waals surface area contributed by atoms with Gasteiger partial charge in [0.15, 0.2) is 0 Å². The quantitative estimate of drug-likeness (QED) is 0.234. The van der Waals surface area contributed by atoms with Crippen LogP contribution in [0.2, 0.25) is 0 Å². The van der Waals surface area contributed by atoms with Gasteiger partial charge in [-0.15, -0.1) is 0 Å². The van der Waals surface area contributed by atoms with Gasteiger partial charge in [0.25, 0.3) is 0 Å². The van der Waals surface area contributed by atoms with Crippen LogP contribution in [0.25, 0.3) is 22.1 Å². The molecule has 6 N–H and O–H groups in total. The molecule has 9 nitrogen and oxygen atoms in total. The van der Waals surface area contributed by atoms with Crippen LogP contribution in [0.5, 0.6) is 0 Å². The van der Waals surface area contributed by atoms with Crippen molar-refractivity contribution in [3.8, 4) is 0 Å². The SMILES string of the molecule is CC(C)(C)c1ccc2nc(CCC3CC(CNC[C@H]4C[C@@H](n5ccc6c(N)ncnc65)[C@H](O)[C@@H]4O)C3)[nH]c2c1. The second-order valence-corrected chi connectivity index (χ2v) is 12.8. The maximum absolute atomic E-state index is 10.8. The highest BCUT2D eigenvalue weighted by Crippen LogP contribution is 2.39. The summed E-state index contributed by atoms with van der Waals surface area (Å²) >= 11 is 0. The molecule has 1 aromatic carbocycles. The van der Waals surface area contributed by atoms with Gasteiger partial charge in [-0.2, -0.15) is 0 Å². The number of nitrogen functional groups attached to an aromatic ring is 1. The van der Waals surface area contributed by atoms with Crippen LogP contribution in [0.15, 0.2) is 36.8 Å². The number of anilines is 1. The number of aromatic amines is 1. The number of hydrogen-bond donors (Lipinski definition) is 5. The topological polar surface area (TPSA) is 138 Å². The number of H-pyrrole nitrogens is 1. The molecule has 0 spiro atoms. The number of aryl methyl sites for hydroxylation is 1. The van der Waals surface area contributed by atoms with Crippen LogP contribution in [0.4, 0.5) is 5.82 Å². The minimum absolute atomic E-state index is 0.00982. The normalized spacial score (nSPS) is 27.4. The van der Waals surface area contributed by atoms with Gasteiger partial charge in [-0.25, -0.2) is 15.0 Å². The van der Waals surface area contributed by atoms with Crippen molar-refractivity contribution in [3.63, 3.8) is 0 Å². The molecule has 2 aliphatic rings. The van der Waals surface area contributed by atoms with Gasteiger partial charge in [0.1, 0.15) is 29.7 Å². The molecule has 9 heteroatoms. The summed E-state index contributed by atoms with van der Waals surface area (Å²) in [6, 6.07) is 8.21. The van der Waals surface area contributed by atoms with Crippen molar-refractivity contribution >= 4 is 27.9 Å². The van der Waals surface area contributed by atoms with E-state index in [0.717, 1.165) is 47.5 Å². The molecule has 2 saturated carbocycles. The molecular formula is C30H41N7O2. The van der Waals surface area contributed by atoms with Gasteiger partial charge < -0.3 is 30.8 Å². The van der Waals surface area contributed by atoms with E-state index in [1.165, 1.54) is 24.7 Å². The number of hydrogen-bond acceptors (Lipinski definition) is 7. The number of aliphatic hydroxyl groups is 2. The Kier molecular flexibility index (Phi) is 6.85. The lowest BCUT2D eigenvalue weighted by Crippen LogP contribution is -2.38. The fraction of sp³-hybridized carbons (Fsp3) is 0.567. The average molecular weight is 532 g/mol. The van der Waals surface area contributed by atoms with Gasteiger partial charge in [-0.05, 0) is 73.2 Å². The largest absolute Gasteiger partial charge is 0.390 e. The van der Waals surface area contributed by atoms with E-state index in [4.69, 9.17) is 10.7 Å². The second-order valence-electron chi connectivity index (χ2n) is 12.8. The second kappa shape index (κ2) is 10.2. The van der Waals surface area contributed by atoms with Crippen LogP contribution in [0.3, 0.4) is 0 Å². The Hall–Kier alpha value is -3.01. The number of benzene rings is 1. The van der Waals surface area contributed by atoms with Crippen molar-refractivity contribution in [2.24, 2.45) is 17.8 Å². The fourth-order valence-electron chi connectivity index (χ4n) is 6.57. The molecule has 0 aliphatic heterocycles. The molecule has 6 rings (SSSR count). The predicted octanol–water partition coefficient (Wildman–Crippen LogP) is 3.72. The van der Waals surface area contributed by atoms with Crippen molar-refractivity contribution < 1.29 is 10.2 Å². The van der Waals surface area contributed by atoms with Gasteiger partial charge in [0.2, 0.25) is 0 Å². The van der Waals surface area contributed by atoms with E-state index in [1.807, 2.05) is 16.8 Å². The smallest absolute Gasteiger partial charge is 0.145 e. The highest BCUT2D eigenvalue weighted by Gasteiger charge is 2.42. The van der Waals surface area contributed by atoms with Gasteiger partial charge in [0, 0.05) is 25.1 Å². The first-order chi connectivity index (χ1) is 18.7. The zero-order chi connectivity index (χ0) is 27.3. The monoisotopic (exact) mass is 531 g/mol. The molecule has 2 fully saturated rings. The maximum atomic E-state index is 10.8. The van der Waals surface area contributed by atoms with Gasteiger partial charge >= 0.3 is 0 Å². The number of rotatable bonds is 8. The first-order valence-electron chi connectivity index (χ1n) is 14.3. The first-order valence-corrected chi connectivity index (χ1v) is 14.3. The molecule has 208 valence electrons. The lowest BCUT2D eigenvalue weighted by Gasteiger charge is -2.36. The average Bonchev–Trinajstić information content (AvgIpc) is 3.56. The molecule has 4 atom stereocenters. The summed E-state index contributed by atoms with van der Waals surface area (Å²) in [7, 11) is 0. The number of nitrogens with one attached hydrogen (secondary N) is 2. The van der Waals surface area contributed by atoms with Crippen molar-refractivity contribution in [2.45, 2.75) is 76.5 Å². The third-order valence-corrected chi connectivity index (χ3v) is 9.03. The van der Waals surface area contributed by atoms with Crippen molar-refractivity contribution in [3.05, 3.63) is 48.2 Å². The number of nitrogens with two attached hydrogens (primary N) is 1. The van der Waals surface area contributed by atoms with E-state index >= 15 is 0 Å². The van der Waals surface area contributed by atoms with Gasteiger partial charge in [0.05, 0.1) is 28.6 Å². The first kappa shape index (κ1) is 26.2. The Morgan fingerprint density at radius 1 is 1.05 bits per heavy atom. The van der Waals surface area contributed by atoms with Crippen LogP contribution in [-0.4, -0.2) is 60.0 Å². The summed E-state index contributed by atoms with van der Waals surface area (Å²) in [6.45, 7) is 8.36. The Bertz CT molecular complexity index is 1450. The van der Waals surface area contributed by atoms with Crippen LogP contribution < -0.4 is 11.1 Å². The summed E-state index contributed by atoms with van der Waals surface area (Å²) in [4.78, 5) is 16.8. The standard InChI is InChI=1S/C30H41N7O2/c1-30(2,3)20-5-6-22-23(13-20)36-25(35-22)7-4-17-10-18(11-17)14-32-15-19-12-24(27(39)26(19)38)37-9-8-21-28(31)33-16-34-29(21)37/h5-6,8-9,13,16-19,24,26-27,32,38-39H,4,7,10-12,14-15H2,1-3H3,(H,35,36)(H2,31,33,34)/t17?,18?,19-,24-,26-,27+/m1/s1. The molecule has 3 heterocycles. The highest BCUT2D eigenvalue weighted by atomic mass is 16.3. The summed E-state index contributed by atoms with van der Waals surface area (Å²) in [5.41, 5.74) is 10.3. The number of fused-ring (bicyclic) bond motifs is 2. The Balaban J connectivity index is 0.948. The molecule has 0 amide bonds.